The lowest BCUT2D eigenvalue weighted by Gasteiger charge is -2.38. The number of ether oxygens (including phenoxy) is 2. The maximum Gasteiger partial charge on any atom is 0.317 e. The van der Waals surface area contributed by atoms with E-state index in [4.69, 9.17) is 9.47 Å². The summed E-state index contributed by atoms with van der Waals surface area (Å²) in [7, 11) is 1.68. The standard InChI is InChI=1S/C19H29N3O3/c1-14(2)20-18(23)22-9-7-19(8-10-22)12-16(13-25-19)21-15-5-4-6-17(11-15)24-3/h4-6,11,14,16,21H,7-10,12-13H2,1-3H3,(H,20,23). The van der Waals surface area contributed by atoms with Gasteiger partial charge in [-0.1, -0.05) is 6.07 Å². The van der Waals surface area contributed by atoms with E-state index in [9.17, 15) is 4.79 Å². The van der Waals surface area contributed by atoms with Crippen LogP contribution >= 0.6 is 0 Å². The van der Waals surface area contributed by atoms with Crippen LogP contribution in [0.4, 0.5) is 10.5 Å². The molecule has 0 radical (unpaired) electrons. The van der Waals surface area contributed by atoms with Crippen LogP contribution in [0.1, 0.15) is 33.1 Å². The summed E-state index contributed by atoms with van der Waals surface area (Å²) >= 11 is 0. The van der Waals surface area contributed by atoms with E-state index in [1.54, 1.807) is 7.11 Å². The molecule has 2 heterocycles. The van der Waals surface area contributed by atoms with Crippen molar-refractivity contribution in [3.8, 4) is 5.75 Å². The van der Waals surface area contributed by atoms with Crippen molar-refractivity contribution < 1.29 is 14.3 Å². The Morgan fingerprint density at radius 1 is 1.36 bits per heavy atom. The first kappa shape index (κ1) is 17.9. The molecule has 2 aliphatic heterocycles. The number of anilines is 1. The molecular formula is C19H29N3O3. The van der Waals surface area contributed by atoms with Crippen molar-refractivity contribution in [1.29, 1.82) is 0 Å². The van der Waals surface area contributed by atoms with Gasteiger partial charge in [-0.15, -0.1) is 0 Å². The molecule has 1 aromatic rings. The van der Waals surface area contributed by atoms with Crippen LogP contribution in [0, 0.1) is 0 Å². The normalized spacial score (nSPS) is 22.2. The number of likely N-dealkylation sites (tertiary alicyclic amines) is 1. The summed E-state index contributed by atoms with van der Waals surface area (Å²) < 4.78 is 11.5. The number of hydrogen-bond acceptors (Lipinski definition) is 4. The molecule has 1 spiro atoms. The number of nitrogens with one attached hydrogen (secondary N) is 2. The molecule has 25 heavy (non-hydrogen) atoms. The van der Waals surface area contributed by atoms with Gasteiger partial charge < -0.3 is 25.0 Å². The van der Waals surface area contributed by atoms with E-state index in [2.05, 4.69) is 10.6 Å². The lowest BCUT2D eigenvalue weighted by molar-refractivity contribution is -0.0363. The third-order valence-corrected chi connectivity index (χ3v) is 5.02. The Morgan fingerprint density at radius 3 is 2.80 bits per heavy atom. The van der Waals surface area contributed by atoms with Crippen LogP contribution in [0.3, 0.4) is 0 Å². The third-order valence-electron chi connectivity index (χ3n) is 5.02. The number of hydrogen-bond donors (Lipinski definition) is 2. The molecule has 0 aliphatic carbocycles. The zero-order chi connectivity index (χ0) is 17.9. The molecule has 6 heteroatoms. The van der Waals surface area contributed by atoms with Crippen LogP contribution in [-0.4, -0.2) is 55.4 Å². The maximum absolute atomic E-state index is 12.1. The molecule has 2 N–H and O–H groups in total. The van der Waals surface area contributed by atoms with Crippen LogP contribution < -0.4 is 15.4 Å². The third kappa shape index (κ3) is 4.37. The van der Waals surface area contributed by atoms with Gasteiger partial charge in [0.15, 0.2) is 0 Å². The van der Waals surface area contributed by atoms with Gasteiger partial charge in [-0.2, -0.15) is 0 Å². The predicted octanol–water partition coefficient (Wildman–Crippen LogP) is 2.85. The van der Waals surface area contributed by atoms with Crippen LogP contribution in [0.2, 0.25) is 0 Å². The van der Waals surface area contributed by atoms with Crippen molar-refractivity contribution in [2.75, 3.05) is 32.1 Å². The number of piperidine rings is 1. The highest BCUT2D eigenvalue weighted by Gasteiger charge is 2.43. The molecule has 1 aromatic carbocycles. The van der Waals surface area contributed by atoms with Crippen LogP contribution in [0.5, 0.6) is 5.75 Å². The summed E-state index contributed by atoms with van der Waals surface area (Å²) in [6.45, 7) is 6.18. The topological polar surface area (TPSA) is 62.8 Å². The fourth-order valence-corrected chi connectivity index (χ4v) is 3.69. The van der Waals surface area contributed by atoms with E-state index in [-0.39, 0.29) is 17.7 Å². The molecule has 0 saturated carbocycles. The van der Waals surface area contributed by atoms with Crippen molar-refractivity contribution in [1.82, 2.24) is 10.2 Å². The maximum atomic E-state index is 12.1. The molecule has 3 rings (SSSR count). The number of benzene rings is 1. The Balaban J connectivity index is 1.52. The smallest absolute Gasteiger partial charge is 0.317 e. The Hall–Kier alpha value is -1.95. The Morgan fingerprint density at radius 2 is 2.12 bits per heavy atom. The zero-order valence-corrected chi connectivity index (χ0v) is 15.4. The van der Waals surface area contributed by atoms with E-state index in [1.807, 2.05) is 43.0 Å². The highest BCUT2D eigenvalue weighted by molar-refractivity contribution is 5.74. The first-order valence-corrected chi connectivity index (χ1v) is 9.10. The van der Waals surface area contributed by atoms with Crippen molar-refractivity contribution in [3.63, 3.8) is 0 Å². The molecule has 138 valence electrons. The minimum atomic E-state index is -0.0921. The second-order valence-corrected chi connectivity index (χ2v) is 7.36. The Labute approximate surface area is 149 Å². The summed E-state index contributed by atoms with van der Waals surface area (Å²) in [6, 6.07) is 8.48. The van der Waals surface area contributed by atoms with Crippen molar-refractivity contribution >= 4 is 11.7 Å². The van der Waals surface area contributed by atoms with E-state index < -0.39 is 0 Å². The van der Waals surface area contributed by atoms with Crippen molar-refractivity contribution in [2.24, 2.45) is 0 Å². The molecule has 2 fully saturated rings. The zero-order valence-electron chi connectivity index (χ0n) is 15.4. The number of urea groups is 1. The first-order valence-electron chi connectivity index (χ1n) is 9.10. The molecule has 2 amide bonds. The second-order valence-electron chi connectivity index (χ2n) is 7.36. The van der Waals surface area contributed by atoms with Gasteiger partial charge in [-0.05, 0) is 45.2 Å². The molecule has 2 saturated heterocycles. The average Bonchev–Trinajstić information content (AvgIpc) is 2.97. The highest BCUT2D eigenvalue weighted by atomic mass is 16.5. The van der Waals surface area contributed by atoms with E-state index in [0.717, 1.165) is 43.8 Å². The fourth-order valence-electron chi connectivity index (χ4n) is 3.69. The molecule has 6 nitrogen and oxygen atoms in total. The van der Waals surface area contributed by atoms with Gasteiger partial charge in [-0.3, -0.25) is 0 Å². The van der Waals surface area contributed by atoms with Crippen molar-refractivity contribution in [2.45, 2.75) is 50.8 Å². The van der Waals surface area contributed by atoms with E-state index >= 15 is 0 Å². The first-order chi connectivity index (χ1) is 12.0. The number of methoxy groups -OCH3 is 1. The molecular weight excluding hydrogens is 318 g/mol. The molecule has 1 atom stereocenters. The van der Waals surface area contributed by atoms with Gasteiger partial charge in [0.2, 0.25) is 0 Å². The minimum absolute atomic E-state index is 0.0360. The predicted molar refractivity (Wildman–Crippen MR) is 98.2 cm³/mol. The van der Waals surface area contributed by atoms with E-state index in [1.165, 1.54) is 0 Å². The molecule has 2 aliphatic rings. The monoisotopic (exact) mass is 347 g/mol. The van der Waals surface area contributed by atoms with E-state index in [0.29, 0.717) is 12.6 Å². The number of carbonyl (C=O) groups excluding carboxylic acids is 1. The lowest BCUT2D eigenvalue weighted by Crippen LogP contribution is -2.51. The number of amides is 2. The van der Waals surface area contributed by atoms with Gasteiger partial charge >= 0.3 is 6.03 Å². The summed E-state index contributed by atoms with van der Waals surface area (Å²) in [6.07, 6.45) is 2.77. The van der Waals surface area contributed by atoms with Gasteiger partial charge in [0, 0.05) is 30.9 Å². The number of nitrogens with zero attached hydrogens (tertiary/aromatic N) is 1. The Bertz CT molecular complexity index is 597. The molecule has 0 bridgehead atoms. The quantitative estimate of drug-likeness (QED) is 0.879. The molecule has 0 aromatic heterocycles. The van der Waals surface area contributed by atoms with Gasteiger partial charge in [-0.25, -0.2) is 4.79 Å². The highest BCUT2D eigenvalue weighted by Crippen LogP contribution is 2.37. The summed E-state index contributed by atoms with van der Waals surface area (Å²) in [4.78, 5) is 14.0. The summed E-state index contributed by atoms with van der Waals surface area (Å²) in [5.41, 5.74) is 0.962. The fraction of sp³-hybridized carbons (Fsp3) is 0.632. The minimum Gasteiger partial charge on any atom is -0.497 e. The summed E-state index contributed by atoms with van der Waals surface area (Å²) in [5.74, 6) is 0.850. The van der Waals surface area contributed by atoms with Gasteiger partial charge in [0.1, 0.15) is 5.75 Å². The Kier molecular flexibility index (Phi) is 5.37. The largest absolute Gasteiger partial charge is 0.497 e. The van der Waals surface area contributed by atoms with Gasteiger partial charge in [0.25, 0.3) is 0 Å². The number of carbonyl (C=O) groups is 1. The lowest BCUT2D eigenvalue weighted by atomic mass is 9.87. The second kappa shape index (κ2) is 7.52. The van der Waals surface area contributed by atoms with Crippen molar-refractivity contribution in [3.05, 3.63) is 24.3 Å². The summed E-state index contributed by atoms with van der Waals surface area (Å²) in [5, 5.41) is 6.52. The van der Waals surface area contributed by atoms with Crippen LogP contribution in [0.15, 0.2) is 24.3 Å². The molecule has 1 unspecified atom stereocenters. The average molecular weight is 347 g/mol. The van der Waals surface area contributed by atoms with Gasteiger partial charge in [0.05, 0.1) is 25.4 Å². The van der Waals surface area contributed by atoms with Crippen LogP contribution in [-0.2, 0) is 4.74 Å². The number of rotatable bonds is 4. The van der Waals surface area contributed by atoms with Crippen LogP contribution in [0.25, 0.3) is 0 Å². The SMILES string of the molecule is COc1cccc(NC2COC3(CCN(C(=O)NC(C)C)CC3)C2)c1.